The number of aryl methyl sites for hydroxylation is 1. The second kappa shape index (κ2) is 7.57. The molecule has 3 heterocycles. The van der Waals surface area contributed by atoms with Gasteiger partial charge in [-0.25, -0.2) is 0 Å². The minimum atomic E-state index is -4.48. The molecule has 0 aliphatic carbocycles. The number of aromatic nitrogens is 2. The summed E-state index contributed by atoms with van der Waals surface area (Å²) >= 11 is 0. The van der Waals surface area contributed by atoms with Gasteiger partial charge in [-0.1, -0.05) is 12.1 Å². The van der Waals surface area contributed by atoms with Crippen molar-refractivity contribution in [3.63, 3.8) is 0 Å². The maximum absolute atomic E-state index is 13.1. The Morgan fingerprint density at radius 2 is 1.90 bits per heavy atom. The van der Waals surface area contributed by atoms with E-state index in [1.165, 1.54) is 48.3 Å². The van der Waals surface area contributed by atoms with E-state index in [1.54, 1.807) is 12.1 Å². The lowest BCUT2D eigenvalue weighted by Crippen LogP contribution is -2.50. The number of pyridine rings is 2. The summed E-state index contributed by atoms with van der Waals surface area (Å²) in [7, 11) is 1.52. The molecule has 2 aromatic heterocycles. The Balaban J connectivity index is 1.82. The van der Waals surface area contributed by atoms with Crippen molar-refractivity contribution in [1.29, 1.82) is 0 Å². The van der Waals surface area contributed by atoms with Crippen molar-refractivity contribution in [2.75, 3.05) is 6.61 Å². The van der Waals surface area contributed by atoms with Gasteiger partial charge in [0, 0.05) is 31.9 Å². The molecule has 1 N–H and O–H groups in total. The van der Waals surface area contributed by atoms with Gasteiger partial charge in [-0.2, -0.15) is 13.2 Å². The number of fused-ring (bicyclic) bond motifs is 1. The van der Waals surface area contributed by atoms with E-state index >= 15 is 0 Å². The minimum absolute atomic E-state index is 0.229. The summed E-state index contributed by atoms with van der Waals surface area (Å²) in [6.45, 7) is 0.229. The summed E-state index contributed by atoms with van der Waals surface area (Å²) in [5.74, 6) is -0.0524. The molecule has 0 radical (unpaired) electrons. The second-order valence-electron chi connectivity index (χ2n) is 7.25. The Kier molecular flexibility index (Phi) is 5.04. The number of amides is 1. The van der Waals surface area contributed by atoms with Crippen LogP contribution in [0.25, 0.3) is 0 Å². The number of ether oxygens (including phenoxy) is 1. The zero-order valence-electron chi connectivity index (χ0n) is 16.4. The highest BCUT2D eigenvalue weighted by atomic mass is 19.4. The molecule has 0 spiro atoms. The van der Waals surface area contributed by atoms with Crippen LogP contribution in [0.3, 0.4) is 0 Å². The van der Waals surface area contributed by atoms with Crippen LogP contribution in [0.1, 0.15) is 33.6 Å². The lowest BCUT2D eigenvalue weighted by Gasteiger charge is -2.39. The Bertz CT molecular complexity index is 1190. The van der Waals surface area contributed by atoms with Crippen molar-refractivity contribution in [2.24, 2.45) is 7.05 Å². The van der Waals surface area contributed by atoms with Crippen LogP contribution in [0, 0.1) is 0 Å². The highest BCUT2D eigenvalue weighted by molar-refractivity contribution is 5.94. The number of benzene rings is 1. The highest BCUT2D eigenvalue weighted by Crippen LogP contribution is 2.41. The molecule has 3 aromatic rings. The smallest absolute Gasteiger partial charge is 0.416 e. The van der Waals surface area contributed by atoms with Gasteiger partial charge >= 0.3 is 6.18 Å². The Hall–Kier alpha value is -3.62. The van der Waals surface area contributed by atoms with Gasteiger partial charge in [0.15, 0.2) is 0 Å². The zero-order valence-corrected chi connectivity index (χ0v) is 16.4. The fourth-order valence-electron chi connectivity index (χ4n) is 3.67. The van der Waals surface area contributed by atoms with E-state index in [4.69, 9.17) is 4.74 Å². The molecule has 6 nitrogen and oxygen atoms in total. The summed E-state index contributed by atoms with van der Waals surface area (Å²) in [5, 5.41) is 2.95. The highest BCUT2D eigenvalue weighted by Gasteiger charge is 2.43. The molecular weight excluding hydrogens is 411 g/mol. The maximum Gasteiger partial charge on any atom is 0.416 e. The molecule has 0 saturated heterocycles. The average molecular weight is 429 g/mol. The number of carbonyl (C=O) groups excluding carboxylic acids is 1. The number of alkyl halides is 3. The molecule has 31 heavy (non-hydrogen) atoms. The van der Waals surface area contributed by atoms with E-state index in [-0.39, 0.29) is 24.2 Å². The summed E-state index contributed by atoms with van der Waals surface area (Å²) in [4.78, 5) is 29.2. The minimum Gasteiger partial charge on any atom is -0.491 e. The molecule has 4 rings (SSSR count). The first-order valence-electron chi connectivity index (χ1n) is 9.46. The van der Waals surface area contributed by atoms with Gasteiger partial charge in [0.2, 0.25) is 5.56 Å². The molecule has 0 saturated carbocycles. The first-order chi connectivity index (χ1) is 14.7. The van der Waals surface area contributed by atoms with Gasteiger partial charge < -0.3 is 14.6 Å². The first-order valence-corrected chi connectivity index (χ1v) is 9.46. The maximum atomic E-state index is 13.1. The van der Waals surface area contributed by atoms with Crippen LogP contribution in [-0.4, -0.2) is 22.1 Å². The predicted octanol–water partition coefficient (Wildman–Crippen LogP) is 3.26. The standard InChI is InChI=1S/C22H18F3N3O3/c1-28-13-14(4-9-18(28)29)20(30)27-21(10-12-31-17-3-2-11-26-19(17)21)15-5-7-16(8-6-15)22(23,24)25/h2-9,11,13H,10,12H2,1H3,(H,27,30). The number of nitrogens with one attached hydrogen (secondary N) is 1. The van der Waals surface area contributed by atoms with Gasteiger partial charge in [-0.05, 0) is 35.9 Å². The average Bonchev–Trinajstić information content (AvgIpc) is 2.75. The molecule has 1 aromatic carbocycles. The second-order valence-corrected chi connectivity index (χ2v) is 7.25. The molecular formula is C22H18F3N3O3. The summed E-state index contributed by atoms with van der Waals surface area (Å²) < 4.78 is 46.1. The SMILES string of the molecule is Cn1cc(C(=O)NC2(c3ccc(C(F)(F)F)cc3)CCOc3cccnc32)ccc1=O. The predicted molar refractivity (Wildman–Crippen MR) is 106 cm³/mol. The summed E-state index contributed by atoms with van der Waals surface area (Å²) in [6, 6.07) is 10.7. The Morgan fingerprint density at radius 3 is 2.58 bits per heavy atom. The van der Waals surface area contributed by atoms with Crippen molar-refractivity contribution in [3.05, 3.63) is 93.7 Å². The van der Waals surface area contributed by atoms with E-state index in [0.29, 0.717) is 17.0 Å². The van der Waals surface area contributed by atoms with Crippen LogP contribution >= 0.6 is 0 Å². The van der Waals surface area contributed by atoms with Crippen LogP contribution in [0.4, 0.5) is 13.2 Å². The fourth-order valence-corrected chi connectivity index (χ4v) is 3.67. The molecule has 0 bridgehead atoms. The van der Waals surface area contributed by atoms with Crippen molar-refractivity contribution in [3.8, 4) is 5.75 Å². The number of hydrogen-bond donors (Lipinski definition) is 1. The van der Waals surface area contributed by atoms with Crippen LogP contribution in [0.5, 0.6) is 5.75 Å². The topological polar surface area (TPSA) is 73.2 Å². The molecule has 9 heteroatoms. The third-order valence-electron chi connectivity index (χ3n) is 5.29. The van der Waals surface area contributed by atoms with Crippen LogP contribution in [0.15, 0.2) is 65.7 Å². The van der Waals surface area contributed by atoms with E-state index in [9.17, 15) is 22.8 Å². The third kappa shape index (κ3) is 3.78. The molecule has 1 aliphatic rings. The van der Waals surface area contributed by atoms with Crippen LogP contribution in [-0.2, 0) is 18.8 Å². The van der Waals surface area contributed by atoms with E-state index in [0.717, 1.165) is 12.1 Å². The number of nitrogens with zero attached hydrogens (tertiary/aromatic N) is 2. The molecule has 1 amide bonds. The van der Waals surface area contributed by atoms with Gasteiger partial charge in [0.1, 0.15) is 17.0 Å². The fraction of sp³-hybridized carbons (Fsp3) is 0.227. The lowest BCUT2D eigenvalue weighted by atomic mass is 9.81. The van der Waals surface area contributed by atoms with Crippen molar-refractivity contribution in [2.45, 2.75) is 18.1 Å². The van der Waals surface area contributed by atoms with E-state index in [2.05, 4.69) is 10.3 Å². The zero-order chi connectivity index (χ0) is 22.2. The van der Waals surface area contributed by atoms with Gasteiger partial charge in [0.25, 0.3) is 5.91 Å². The quantitative estimate of drug-likeness (QED) is 0.694. The first kappa shape index (κ1) is 20.6. The number of hydrogen-bond acceptors (Lipinski definition) is 4. The number of rotatable bonds is 3. The van der Waals surface area contributed by atoms with Crippen molar-refractivity contribution in [1.82, 2.24) is 14.9 Å². The third-order valence-corrected chi connectivity index (χ3v) is 5.29. The number of carbonyl (C=O) groups is 1. The van der Waals surface area contributed by atoms with Crippen molar-refractivity contribution >= 4 is 5.91 Å². The molecule has 0 fully saturated rings. The van der Waals surface area contributed by atoms with Crippen LogP contribution < -0.4 is 15.6 Å². The molecule has 1 aliphatic heterocycles. The lowest BCUT2D eigenvalue weighted by molar-refractivity contribution is -0.137. The summed E-state index contributed by atoms with van der Waals surface area (Å²) in [5.41, 5.74) is -1.18. The van der Waals surface area contributed by atoms with Gasteiger partial charge in [0.05, 0.1) is 17.7 Å². The Morgan fingerprint density at radius 1 is 1.16 bits per heavy atom. The monoisotopic (exact) mass is 429 g/mol. The largest absolute Gasteiger partial charge is 0.491 e. The number of halogens is 3. The molecule has 1 unspecified atom stereocenters. The van der Waals surface area contributed by atoms with Crippen molar-refractivity contribution < 1.29 is 22.7 Å². The summed E-state index contributed by atoms with van der Waals surface area (Å²) in [6.07, 6.45) is -1.28. The van der Waals surface area contributed by atoms with E-state index < -0.39 is 23.2 Å². The molecule has 1 atom stereocenters. The normalized spacial score (nSPS) is 18.1. The van der Waals surface area contributed by atoms with Gasteiger partial charge in [-0.15, -0.1) is 0 Å². The van der Waals surface area contributed by atoms with E-state index in [1.807, 2.05) is 0 Å². The molecule has 160 valence electrons. The van der Waals surface area contributed by atoms with Gasteiger partial charge in [-0.3, -0.25) is 14.6 Å². The van der Waals surface area contributed by atoms with Crippen LogP contribution in [0.2, 0.25) is 0 Å². The Labute approximate surface area is 175 Å².